The molecule has 2 aliphatic heterocycles. The van der Waals surface area contributed by atoms with Crippen LogP contribution in [0.5, 0.6) is 0 Å². The number of rotatable bonds is 9. The van der Waals surface area contributed by atoms with Gasteiger partial charge < -0.3 is 19.8 Å². The third kappa shape index (κ3) is 7.96. The Labute approximate surface area is 213 Å². The van der Waals surface area contributed by atoms with Gasteiger partial charge in [0, 0.05) is 57.5 Å². The Hall–Kier alpha value is -1.66. The Morgan fingerprint density at radius 1 is 1.30 bits per heavy atom. The van der Waals surface area contributed by atoms with Crippen LogP contribution in [0, 0.1) is 0 Å². The summed E-state index contributed by atoms with van der Waals surface area (Å²) in [4.78, 5) is 12.0. The van der Waals surface area contributed by atoms with Crippen LogP contribution in [-0.2, 0) is 24.1 Å². The standard InChI is InChI=1S/C23H37N7O2.HI/c1-18(2)22-27-21-7-6-19(17-30(21)28-22)26-23(25-10-8-20-5-3-14-32-20)24-9-4-11-29-12-15-31-16-13-29;/h3,5,14,18-19H,4,6-13,15-17H2,1-2H3,(H2,24,25,26);1H. The summed E-state index contributed by atoms with van der Waals surface area (Å²) in [6, 6.07) is 4.23. The predicted molar refractivity (Wildman–Crippen MR) is 139 cm³/mol. The minimum absolute atomic E-state index is 0. The summed E-state index contributed by atoms with van der Waals surface area (Å²) in [6.45, 7) is 11.5. The summed E-state index contributed by atoms with van der Waals surface area (Å²) < 4.78 is 13.0. The number of nitrogens with one attached hydrogen (secondary N) is 2. The fraction of sp³-hybridized carbons (Fsp3) is 0.696. The highest BCUT2D eigenvalue weighted by Crippen LogP contribution is 2.17. The van der Waals surface area contributed by atoms with Crippen LogP contribution < -0.4 is 10.6 Å². The quantitative estimate of drug-likeness (QED) is 0.207. The molecule has 0 bridgehead atoms. The molecule has 2 N–H and O–H groups in total. The molecule has 1 fully saturated rings. The first-order valence-electron chi connectivity index (χ1n) is 12.0. The van der Waals surface area contributed by atoms with Crippen molar-refractivity contribution in [2.24, 2.45) is 4.99 Å². The normalized spacial score (nSPS) is 19.2. The SMILES string of the molecule is CC(C)c1nc2n(n1)CC(NC(=NCCCN1CCOCC1)NCCc1ccco1)CC2.I. The van der Waals surface area contributed by atoms with Crippen molar-refractivity contribution in [1.82, 2.24) is 30.3 Å². The number of aliphatic imine (C=N–C) groups is 1. The number of hydrogen-bond acceptors (Lipinski definition) is 6. The van der Waals surface area contributed by atoms with E-state index in [0.29, 0.717) is 12.0 Å². The summed E-state index contributed by atoms with van der Waals surface area (Å²) in [7, 11) is 0. The largest absolute Gasteiger partial charge is 0.469 e. The Kier molecular flexibility index (Phi) is 10.4. The van der Waals surface area contributed by atoms with Crippen molar-refractivity contribution in [2.75, 3.05) is 45.9 Å². The van der Waals surface area contributed by atoms with E-state index in [9.17, 15) is 0 Å². The van der Waals surface area contributed by atoms with Crippen LogP contribution >= 0.6 is 24.0 Å². The maximum Gasteiger partial charge on any atom is 0.191 e. The number of aromatic nitrogens is 3. The van der Waals surface area contributed by atoms with Gasteiger partial charge >= 0.3 is 0 Å². The third-order valence-electron chi connectivity index (χ3n) is 5.98. The van der Waals surface area contributed by atoms with Crippen LogP contribution in [0.25, 0.3) is 0 Å². The van der Waals surface area contributed by atoms with Gasteiger partial charge in [0.05, 0.1) is 26.0 Å². The molecule has 9 nitrogen and oxygen atoms in total. The maximum atomic E-state index is 5.46. The number of fused-ring (bicyclic) bond motifs is 1. The van der Waals surface area contributed by atoms with Gasteiger partial charge in [-0.15, -0.1) is 24.0 Å². The molecule has 0 saturated carbocycles. The summed E-state index contributed by atoms with van der Waals surface area (Å²) in [5, 5.41) is 11.8. The average Bonchev–Trinajstić information content (AvgIpc) is 3.47. The molecule has 0 radical (unpaired) electrons. The molecule has 2 aliphatic rings. The van der Waals surface area contributed by atoms with E-state index >= 15 is 0 Å². The van der Waals surface area contributed by atoms with Crippen molar-refractivity contribution < 1.29 is 9.15 Å². The van der Waals surface area contributed by atoms with Gasteiger partial charge in [-0.1, -0.05) is 13.8 Å². The van der Waals surface area contributed by atoms with E-state index in [1.807, 2.05) is 12.1 Å². The van der Waals surface area contributed by atoms with Crippen molar-refractivity contribution in [2.45, 2.75) is 58.0 Å². The van der Waals surface area contributed by atoms with Crippen LogP contribution in [0.4, 0.5) is 0 Å². The van der Waals surface area contributed by atoms with Crippen LogP contribution in [0.15, 0.2) is 27.8 Å². The fourth-order valence-electron chi connectivity index (χ4n) is 4.11. The maximum absolute atomic E-state index is 5.46. The van der Waals surface area contributed by atoms with Crippen LogP contribution in [0.2, 0.25) is 0 Å². The van der Waals surface area contributed by atoms with Crippen molar-refractivity contribution in [3.63, 3.8) is 0 Å². The van der Waals surface area contributed by atoms with E-state index in [4.69, 9.17) is 24.2 Å². The lowest BCUT2D eigenvalue weighted by atomic mass is 10.1. The van der Waals surface area contributed by atoms with E-state index in [0.717, 1.165) is 102 Å². The second-order valence-electron chi connectivity index (χ2n) is 8.90. The zero-order valence-corrected chi connectivity index (χ0v) is 22.2. The van der Waals surface area contributed by atoms with Crippen molar-refractivity contribution in [3.8, 4) is 0 Å². The first-order chi connectivity index (χ1) is 15.7. The van der Waals surface area contributed by atoms with Gasteiger partial charge in [-0.3, -0.25) is 9.89 Å². The number of morpholine rings is 1. The average molecular weight is 572 g/mol. The first kappa shape index (κ1) is 26.0. The first-order valence-corrected chi connectivity index (χ1v) is 12.0. The second-order valence-corrected chi connectivity index (χ2v) is 8.90. The summed E-state index contributed by atoms with van der Waals surface area (Å²) in [6.07, 6.45) is 5.56. The van der Waals surface area contributed by atoms with E-state index in [1.165, 1.54) is 0 Å². The predicted octanol–water partition coefficient (Wildman–Crippen LogP) is 2.43. The molecule has 2 aromatic rings. The van der Waals surface area contributed by atoms with Crippen molar-refractivity contribution >= 4 is 29.9 Å². The molecule has 0 aromatic carbocycles. The minimum Gasteiger partial charge on any atom is -0.469 e. The van der Waals surface area contributed by atoms with E-state index in [-0.39, 0.29) is 24.0 Å². The molecule has 0 amide bonds. The molecule has 1 saturated heterocycles. The Bertz CT molecular complexity index is 847. The summed E-state index contributed by atoms with van der Waals surface area (Å²) in [5.74, 6) is 4.24. The van der Waals surface area contributed by atoms with Gasteiger partial charge in [-0.2, -0.15) is 5.10 Å². The summed E-state index contributed by atoms with van der Waals surface area (Å²) in [5.41, 5.74) is 0. The van der Waals surface area contributed by atoms with E-state index in [2.05, 4.69) is 34.1 Å². The lowest BCUT2D eigenvalue weighted by Gasteiger charge is -2.26. The molecular formula is C23H38IN7O2. The van der Waals surface area contributed by atoms with Gasteiger partial charge in [-0.25, -0.2) is 9.67 Å². The number of aryl methyl sites for hydroxylation is 1. The smallest absolute Gasteiger partial charge is 0.191 e. The Morgan fingerprint density at radius 3 is 2.91 bits per heavy atom. The van der Waals surface area contributed by atoms with Crippen molar-refractivity contribution in [3.05, 3.63) is 35.8 Å². The monoisotopic (exact) mass is 571 g/mol. The molecule has 1 unspecified atom stereocenters. The highest BCUT2D eigenvalue weighted by atomic mass is 127. The highest BCUT2D eigenvalue weighted by Gasteiger charge is 2.23. The Morgan fingerprint density at radius 2 is 2.15 bits per heavy atom. The lowest BCUT2D eigenvalue weighted by molar-refractivity contribution is 0.0377. The van der Waals surface area contributed by atoms with Crippen LogP contribution in [0.1, 0.15) is 50.0 Å². The number of furan rings is 1. The topological polar surface area (TPSA) is 92.7 Å². The van der Waals surface area contributed by atoms with Crippen LogP contribution in [0.3, 0.4) is 0 Å². The zero-order valence-electron chi connectivity index (χ0n) is 19.8. The molecule has 4 heterocycles. The molecular weight excluding hydrogens is 533 g/mol. The van der Waals surface area contributed by atoms with Crippen molar-refractivity contribution in [1.29, 1.82) is 0 Å². The molecule has 184 valence electrons. The van der Waals surface area contributed by atoms with E-state index in [1.54, 1.807) is 6.26 Å². The second kappa shape index (κ2) is 13.3. The van der Waals surface area contributed by atoms with Gasteiger partial charge in [0.15, 0.2) is 11.8 Å². The number of guanidine groups is 1. The Balaban J connectivity index is 0.00000306. The minimum atomic E-state index is 0. The van der Waals surface area contributed by atoms with Gasteiger partial charge in [0.1, 0.15) is 11.6 Å². The number of halogens is 1. The summed E-state index contributed by atoms with van der Waals surface area (Å²) >= 11 is 0. The molecule has 10 heteroatoms. The van der Waals surface area contributed by atoms with Gasteiger partial charge in [-0.05, 0) is 25.0 Å². The van der Waals surface area contributed by atoms with Gasteiger partial charge in [0.25, 0.3) is 0 Å². The fourth-order valence-corrected chi connectivity index (χ4v) is 4.11. The molecule has 0 spiro atoms. The molecule has 4 rings (SSSR count). The third-order valence-corrected chi connectivity index (χ3v) is 5.98. The molecule has 2 aromatic heterocycles. The number of ether oxygens (including phenoxy) is 1. The highest BCUT2D eigenvalue weighted by molar-refractivity contribution is 14.0. The zero-order chi connectivity index (χ0) is 22.2. The number of hydrogen-bond donors (Lipinski definition) is 2. The molecule has 33 heavy (non-hydrogen) atoms. The van der Waals surface area contributed by atoms with Crippen LogP contribution in [-0.4, -0.2) is 77.6 Å². The molecule has 1 atom stereocenters. The number of nitrogens with zero attached hydrogens (tertiary/aromatic N) is 5. The lowest BCUT2D eigenvalue weighted by Crippen LogP contribution is -2.47. The van der Waals surface area contributed by atoms with Gasteiger partial charge in [0.2, 0.25) is 0 Å². The van der Waals surface area contributed by atoms with E-state index < -0.39 is 0 Å². The molecule has 0 aliphatic carbocycles.